The molecule has 1 rings (SSSR count). The van der Waals surface area contributed by atoms with E-state index in [-0.39, 0.29) is 5.78 Å². The molecule has 0 aromatic heterocycles. The fourth-order valence-corrected chi connectivity index (χ4v) is 1.03. The molecule has 3 heteroatoms. The smallest absolute Gasteiger partial charge is 0.159 e. The van der Waals surface area contributed by atoms with Gasteiger partial charge in [0.2, 0.25) is 0 Å². The highest BCUT2D eigenvalue weighted by atomic mass is 16.5. The fraction of sp³-hybridized carbons (Fsp3) is 0.364. The Balaban J connectivity index is 2.51. The van der Waals surface area contributed by atoms with Crippen molar-refractivity contribution in [2.75, 3.05) is 20.3 Å². The molecule has 0 saturated heterocycles. The van der Waals surface area contributed by atoms with Gasteiger partial charge < -0.3 is 9.47 Å². The summed E-state index contributed by atoms with van der Waals surface area (Å²) in [6, 6.07) is 7.08. The summed E-state index contributed by atoms with van der Waals surface area (Å²) in [4.78, 5) is 11.0. The summed E-state index contributed by atoms with van der Waals surface area (Å²) in [6.07, 6.45) is 0. The van der Waals surface area contributed by atoms with Crippen molar-refractivity contribution in [1.29, 1.82) is 0 Å². The van der Waals surface area contributed by atoms with Crippen LogP contribution < -0.4 is 4.74 Å². The second-order valence-electron chi connectivity index (χ2n) is 2.92. The molecule has 1 aromatic rings. The fourth-order valence-electron chi connectivity index (χ4n) is 1.03. The number of carbonyl (C=O) groups excluding carboxylic acids is 1. The van der Waals surface area contributed by atoms with Gasteiger partial charge in [0, 0.05) is 12.7 Å². The van der Waals surface area contributed by atoms with Crippen molar-refractivity contribution in [2.24, 2.45) is 0 Å². The van der Waals surface area contributed by atoms with E-state index in [2.05, 4.69) is 0 Å². The Labute approximate surface area is 83.6 Å². The van der Waals surface area contributed by atoms with Gasteiger partial charge in [0.05, 0.1) is 6.61 Å². The Bertz CT molecular complexity index is 290. The van der Waals surface area contributed by atoms with Crippen LogP contribution in [-0.4, -0.2) is 26.1 Å². The standard InChI is InChI=1S/C11H14O3/c1-9(12)10-3-5-11(6-4-10)14-8-7-13-2/h3-6H,7-8H2,1-2H3. The van der Waals surface area contributed by atoms with E-state index in [1.165, 1.54) is 0 Å². The number of methoxy groups -OCH3 is 1. The van der Waals surface area contributed by atoms with Gasteiger partial charge in [0.1, 0.15) is 12.4 Å². The quantitative estimate of drug-likeness (QED) is 0.530. The van der Waals surface area contributed by atoms with E-state index < -0.39 is 0 Å². The molecule has 0 saturated carbocycles. The van der Waals surface area contributed by atoms with Crippen LogP contribution in [0.3, 0.4) is 0 Å². The van der Waals surface area contributed by atoms with Gasteiger partial charge in [0.25, 0.3) is 0 Å². The number of benzene rings is 1. The van der Waals surface area contributed by atoms with Gasteiger partial charge in [-0.15, -0.1) is 0 Å². The average Bonchev–Trinajstić information content (AvgIpc) is 2.19. The molecule has 0 aliphatic rings. The summed E-state index contributed by atoms with van der Waals surface area (Å²) in [5.74, 6) is 0.820. The minimum absolute atomic E-state index is 0.0634. The van der Waals surface area contributed by atoms with E-state index in [1.807, 2.05) is 0 Å². The van der Waals surface area contributed by atoms with Crippen LogP contribution in [0.1, 0.15) is 17.3 Å². The van der Waals surface area contributed by atoms with E-state index in [9.17, 15) is 4.79 Å². The molecule has 0 atom stereocenters. The lowest BCUT2D eigenvalue weighted by molar-refractivity contribution is 0.101. The zero-order valence-corrected chi connectivity index (χ0v) is 8.45. The van der Waals surface area contributed by atoms with Gasteiger partial charge in [-0.1, -0.05) is 0 Å². The van der Waals surface area contributed by atoms with Crippen LogP contribution in [0.15, 0.2) is 24.3 Å². The molecule has 0 N–H and O–H groups in total. The third kappa shape index (κ3) is 3.18. The number of ether oxygens (including phenoxy) is 2. The maximum Gasteiger partial charge on any atom is 0.159 e. The van der Waals surface area contributed by atoms with Crippen LogP contribution in [0.25, 0.3) is 0 Å². The molecule has 1 aromatic carbocycles. The van der Waals surface area contributed by atoms with Gasteiger partial charge in [-0.2, -0.15) is 0 Å². The second-order valence-corrected chi connectivity index (χ2v) is 2.92. The lowest BCUT2D eigenvalue weighted by Crippen LogP contribution is -2.04. The minimum Gasteiger partial charge on any atom is -0.491 e. The first-order chi connectivity index (χ1) is 6.74. The van der Waals surface area contributed by atoms with Crippen LogP contribution in [0.4, 0.5) is 0 Å². The van der Waals surface area contributed by atoms with Crippen LogP contribution >= 0.6 is 0 Å². The zero-order valence-electron chi connectivity index (χ0n) is 8.45. The summed E-state index contributed by atoms with van der Waals surface area (Å²) in [7, 11) is 1.63. The minimum atomic E-state index is 0.0634. The normalized spacial score (nSPS) is 9.86. The molecule has 0 spiro atoms. The lowest BCUT2D eigenvalue weighted by Gasteiger charge is -2.05. The van der Waals surface area contributed by atoms with E-state index in [0.29, 0.717) is 18.8 Å². The van der Waals surface area contributed by atoms with Gasteiger partial charge in [-0.3, -0.25) is 4.79 Å². The summed E-state index contributed by atoms with van der Waals surface area (Å²) in [5.41, 5.74) is 0.698. The molecule has 0 aliphatic carbocycles. The summed E-state index contributed by atoms with van der Waals surface area (Å²) in [6.45, 7) is 2.63. The topological polar surface area (TPSA) is 35.5 Å². The predicted octanol–water partition coefficient (Wildman–Crippen LogP) is 1.91. The molecule has 0 fully saturated rings. The molecule has 0 unspecified atom stereocenters. The third-order valence-electron chi connectivity index (χ3n) is 1.82. The number of hydrogen-bond acceptors (Lipinski definition) is 3. The number of rotatable bonds is 5. The molecule has 0 aliphatic heterocycles. The van der Waals surface area contributed by atoms with Crippen molar-refractivity contribution in [1.82, 2.24) is 0 Å². The van der Waals surface area contributed by atoms with Crippen molar-refractivity contribution in [3.05, 3.63) is 29.8 Å². The summed E-state index contributed by atoms with van der Waals surface area (Å²) < 4.78 is 10.2. The Morgan fingerprint density at radius 1 is 1.21 bits per heavy atom. The number of carbonyl (C=O) groups is 1. The largest absolute Gasteiger partial charge is 0.491 e. The van der Waals surface area contributed by atoms with Crippen molar-refractivity contribution in [3.8, 4) is 5.75 Å². The highest BCUT2D eigenvalue weighted by molar-refractivity contribution is 5.94. The van der Waals surface area contributed by atoms with Gasteiger partial charge in [0.15, 0.2) is 5.78 Å². The van der Waals surface area contributed by atoms with Crippen LogP contribution in [0.5, 0.6) is 5.75 Å². The lowest BCUT2D eigenvalue weighted by atomic mass is 10.1. The highest BCUT2D eigenvalue weighted by Crippen LogP contribution is 2.12. The van der Waals surface area contributed by atoms with E-state index >= 15 is 0 Å². The maximum atomic E-state index is 11.0. The van der Waals surface area contributed by atoms with Gasteiger partial charge in [-0.25, -0.2) is 0 Å². The van der Waals surface area contributed by atoms with Gasteiger partial charge in [-0.05, 0) is 31.2 Å². The molecule has 3 nitrogen and oxygen atoms in total. The summed E-state index contributed by atoms with van der Waals surface area (Å²) in [5, 5.41) is 0. The SMILES string of the molecule is COCCOc1ccc(C(C)=O)cc1. The first-order valence-corrected chi connectivity index (χ1v) is 4.47. The molecule has 76 valence electrons. The van der Waals surface area contributed by atoms with Crippen LogP contribution in [0.2, 0.25) is 0 Å². The van der Waals surface area contributed by atoms with E-state index in [4.69, 9.17) is 9.47 Å². The van der Waals surface area contributed by atoms with Gasteiger partial charge >= 0.3 is 0 Å². The molecule has 14 heavy (non-hydrogen) atoms. The highest BCUT2D eigenvalue weighted by Gasteiger charge is 1.98. The monoisotopic (exact) mass is 194 g/mol. The molecular weight excluding hydrogens is 180 g/mol. The van der Waals surface area contributed by atoms with Crippen molar-refractivity contribution >= 4 is 5.78 Å². The second kappa shape index (κ2) is 5.40. The van der Waals surface area contributed by atoms with E-state index in [0.717, 1.165) is 5.75 Å². The summed E-state index contributed by atoms with van der Waals surface area (Å²) >= 11 is 0. The first kappa shape index (κ1) is 10.7. The van der Waals surface area contributed by atoms with E-state index in [1.54, 1.807) is 38.3 Å². The predicted molar refractivity (Wildman–Crippen MR) is 53.8 cm³/mol. The van der Waals surface area contributed by atoms with Crippen molar-refractivity contribution in [3.63, 3.8) is 0 Å². The number of ketones is 1. The number of Topliss-reactive ketones (excluding diaryl/α,β-unsaturated/α-hetero) is 1. The van der Waals surface area contributed by atoms with Crippen molar-refractivity contribution < 1.29 is 14.3 Å². The molecule has 0 amide bonds. The first-order valence-electron chi connectivity index (χ1n) is 4.47. The maximum absolute atomic E-state index is 11.0. The zero-order chi connectivity index (χ0) is 10.4. The third-order valence-corrected chi connectivity index (χ3v) is 1.82. The Morgan fingerprint density at radius 3 is 2.36 bits per heavy atom. The molecule has 0 heterocycles. The average molecular weight is 194 g/mol. The molecule has 0 bridgehead atoms. The van der Waals surface area contributed by atoms with Crippen molar-refractivity contribution in [2.45, 2.75) is 6.92 Å². The molecule has 0 radical (unpaired) electrons. The Hall–Kier alpha value is -1.35. The Kier molecular flexibility index (Phi) is 4.13. The van der Waals surface area contributed by atoms with Crippen LogP contribution in [-0.2, 0) is 4.74 Å². The van der Waals surface area contributed by atoms with Crippen LogP contribution in [0, 0.1) is 0 Å². The molecular formula is C11H14O3. The number of hydrogen-bond donors (Lipinski definition) is 0. The Morgan fingerprint density at radius 2 is 1.86 bits per heavy atom.